The van der Waals surface area contributed by atoms with Crippen molar-refractivity contribution in [2.24, 2.45) is 0 Å². The molecule has 0 spiro atoms. The van der Waals surface area contributed by atoms with Gasteiger partial charge in [-0.15, -0.1) is 0 Å². The van der Waals surface area contributed by atoms with E-state index in [0.29, 0.717) is 5.56 Å². The fourth-order valence-corrected chi connectivity index (χ4v) is 1.46. The van der Waals surface area contributed by atoms with Crippen LogP contribution in [0.4, 0.5) is 13.2 Å². The molecule has 0 aromatic carbocycles. The van der Waals surface area contributed by atoms with Crippen LogP contribution < -0.4 is 0 Å². The lowest BCUT2D eigenvalue weighted by Crippen LogP contribution is -2.12. The van der Waals surface area contributed by atoms with Crippen LogP contribution >= 0.6 is 0 Å². The maximum absolute atomic E-state index is 12.4. The molecule has 0 atom stereocenters. The van der Waals surface area contributed by atoms with Gasteiger partial charge in [-0.1, -0.05) is 0 Å². The standard InChI is InChI=1S/C10H8F3NO2/c11-10(12,13)8-4-6(5-1-2-5)3-7(14-8)9(15)16/h3-5H,1-2H2,(H,15,16). The third-order valence-corrected chi connectivity index (χ3v) is 2.41. The van der Waals surface area contributed by atoms with Crippen molar-refractivity contribution in [2.75, 3.05) is 0 Å². The van der Waals surface area contributed by atoms with Crippen LogP contribution in [0, 0.1) is 0 Å². The number of halogens is 3. The van der Waals surface area contributed by atoms with E-state index in [2.05, 4.69) is 4.98 Å². The van der Waals surface area contributed by atoms with Crippen LogP contribution in [0.15, 0.2) is 12.1 Å². The summed E-state index contributed by atoms with van der Waals surface area (Å²) in [4.78, 5) is 13.7. The van der Waals surface area contributed by atoms with Crippen LogP contribution in [0.25, 0.3) is 0 Å². The van der Waals surface area contributed by atoms with Gasteiger partial charge in [0.1, 0.15) is 11.4 Å². The number of alkyl halides is 3. The van der Waals surface area contributed by atoms with Crippen molar-refractivity contribution in [2.45, 2.75) is 24.9 Å². The zero-order valence-corrected chi connectivity index (χ0v) is 8.08. The molecule has 2 rings (SSSR count). The van der Waals surface area contributed by atoms with Crippen molar-refractivity contribution in [1.82, 2.24) is 4.98 Å². The molecule has 16 heavy (non-hydrogen) atoms. The van der Waals surface area contributed by atoms with Crippen LogP contribution in [-0.4, -0.2) is 16.1 Å². The predicted molar refractivity (Wildman–Crippen MR) is 48.2 cm³/mol. The van der Waals surface area contributed by atoms with Crippen LogP contribution in [0.2, 0.25) is 0 Å². The minimum atomic E-state index is -4.60. The van der Waals surface area contributed by atoms with Crippen molar-refractivity contribution >= 4 is 5.97 Å². The Labute approximate surface area is 88.9 Å². The lowest BCUT2D eigenvalue weighted by Gasteiger charge is -2.08. The first kappa shape index (κ1) is 10.9. The number of rotatable bonds is 2. The Morgan fingerprint density at radius 3 is 2.44 bits per heavy atom. The van der Waals surface area contributed by atoms with Gasteiger partial charge >= 0.3 is 12.1 Å². The van der Waals surface area contributed by atoms with E-state index in [-0.39, 0.29) is 5.92 Å². The van der Waals surface area contributed by atoms with E-state index in [4.69, 9.17) is 5.11 Å². The molecule has 1 heterocycles. The summed E-state index contributed by atoms with van der Waals surface area (Å²) in [5, 5.41) is 8.67. The molecule has 0 unspecified atom stereocenters. The van der Waals surface area contributed by atoms with Crippen molar-refractivity contribution in [3.8, 4) is 0 Å². The lowest BCUT2D eigenvalue weighted by atomic mass is 10.1. The summed E-state index contributed by atoms with van der Waals surface area (Å²) in [7, 11) is 0. The van der Waals surface area contributed by atoms with Gasteiger partial charge in [0.15, 0.2) is 0 Å². The lowest BCUT2D eigenvalue weighted by molar-refractivity contribution is -0.141. The van der Waals surface area contributed by atoms with Gasteiger partial charge in [-0.05, 0) is 36.5 Å². The van der Waals surface area contributed by atoms with Gasteiger partial charge in [-0.3, -0.25) is 0 Å². The Morgan fingerprint density at radius 1 is 1.38 bits per heavy atom. The largest absolute Gasteiger partial charge is 0.477 e. The number of hydrogen-bond acceptors (Lipinski definition) is 2. The maximum atomic E-state index is 12.4. The number of aromatic carboxylic acids is 1. The predicted octanol–water partition coefficient (Wildman–Crippen LogP) is 2.68. The zero-order valence-electron chi connectivity index (χ0n) is 8.08. The number of carbonyl (C=O) groups is 1. The molecule has 0 bridgehead atoms. The summed E-state index contributed by atoms with van der Waals surface area (Å²) in [5.41, 5.74) is -1.26. The molecule has 1 N–H and O–H groups in total. The molecule has 0 saturated heterocycles. The van der Waals surface area contributed by atoms with Crippen molar-refractivity contribution < 1.29 is 23.1 Å². The molecule has 1 saturated carbocycles. The minimum absolute atomic E-state index is 0.0576. The Bertz CT molecular complexity index is 438. The molecule has 86 valence electrons. The Kier molecular flexibility index (Phi) is 2.36. The third kappa shape index (κ3) is 2.15. The molecule has 1 aliphatic carbocycles. The number of aromatic nitrogens is 1. The summed E-state index contributed by atoms with van der Waals surface area (Å²) in [5.74, 6) is -1.38. The summed E-state index contributed by atoms with van der Waals surface area (Å²) in [6.07, 6.45) is -2.99. The van der Waals surface area contributed by atoms with Gasteiger partial charge < -0.3 is 5.11 Å². The quantitative estimate of drug-likeness (QED) is 0.851. The van der Waals surface area contributed by atoms with E-state index >= 15 is 0 Å². The van der Waals surface area contributed by atoms with Gasteiger partial charge in [0.2, 0.25) is 0 Å². The number of pyridine rings is 1. The number of carboxylic acids is 1. The normalized spacial score (nSPS) is 16.2. The molecule has 1 aliphatic rings. The second-order valence-corrected chi connectivity index (χ2v) is 3.75. The van der Waals surface area contributed by atoms with E-state index in [9.17, 15) is 18.0 Å². The molecule has 1 aromatic heterocycles. The average molecular weight is 231 g/mol. The summed E-state index contributed by atoms with van der Waals surface area (Å²) in [6, 6.07) is 2.15. The average Bonchev–Trinajstić information content (AvgIpc) is 2.98. The Balaban J connectivity index is 2.48. The molecule has 1 fully saturated rings. The van der Waals surface area contributed by atoms with E-state index in [1.165, 1.54) is 6.07 Å². The molecule has 0 amide bonds. The SMILES string of the molecule is O=C(O)c1cc(C2CC2)cc(C(F)(F)F)n1. The molecule has 6 heteroatoms. The Morgan fingerprint density at radius 2 is 2.00 bits per heavy atom. The van der Waals surface area contributed by atoms with Crippen LogP contribution in [0.1, 0.15) is 40.5 Å². The maximum Gasteiger partial charge on any atom is 0.433 e. The first-order chi connectivity index (χ1) is 7.38. The number of nitrogens with zero attached hydrogens (tertiary/aromatic N) is 1. The van der Waals surface area contributed by atoms with Gasteiger partial charge in [0.25, 0.3) is 0 Å². The smallest absolute Gasteiger partial charge is 0.433 e. The van der Waals surface area contributed by atoms with Gasteiger partial charge in [-0.2, -0.15) is 13.2 Å². The zero-order chi connectivity index (χ0) is 11.9. The van der Waals surface area contributed by atoms with Crippen LogP contribution in [0.5, 0.6) is 0 Å². The molecular weight excluding hydrogens is 223 g/mol. The van der Waals surface area contributed by atoms with Gasteiger partial charge in [-0.25, -0.2) is 9.78 Å². The summed E-state index contributed by atoms with van der Waals surface area (Å²) in [6.45, 7) is 0. The number of hydrogen-bond donors (Lipinski definition) is 1. The number of carboxylic acid groups (broad SMARTS) is 1. The molecule has 0 aliphatic heterocycles. The third-order valence-electron chi connectivity index (χ3n) is 2.41. The monoisotopic (exact) mass is 231 g/mol. The molecule has 1 aromatic rings. The minimum Gasteiger partial charge on any atom is -0.477 e. The molecule has 3 nitrogen and oxygen atoms in total. The second-order valence-electron chi connectivity index (χ2n) is 3.75. The highest BCUT2D eigenvalue weighted by Crippen LogP contribution is 2.41. The summed E-state index contributed by atoms with van der Waals surface area (Å²) >= 11 is 0. The highest BCUT2D eigenvalue weighted by molar-refractivity contribution is 5.85. The topological polar surface area (TPSA) is 50.2 Å². The van der Waals surface area contributed by atoms with Crippen molar-refractivity contribution in [1.29, 1.82) is 0 Å². The van der Waals surface area contributed by atoms with Crippen LogP contribution in [-0.2, 0) is 6.18 Å². The van der Waals surface area contributed by atoms with E-state index in [1.54, 1.807) is 0 Å². The fraction of sp³-hybridized carbons (Fsp3) is 0.400. The molecular formula is C10H8F3NO2. The fourth-order valence-electron chi connectivity index (χ4n) is 1.46. The first-order valence-electron chi connectivity index (χ1n) is 4.70. The second kappa shape index (κ2) is 3.47. The molecule has 0 radical (unpaired) electrons. The Hall–Kier alpha value is -1.59. The van der Waals surface area contributed by atoms with Gasteiger partial charge in [0.05, 0.1) is 0 Å². The van der Waals surface area contributed by atoms with Crippen LogP contribution in [0.3, 0.4) is 0 Å². The van der Waals surface area contributed by atoms with E-state index < -0.39 is 23.5 Å². The highest BCUT2D eigenvalue weighted by Gasteiger charge is 2.35. The first-order valence-corrected chi connectivity index (χ1v) is 4.70. The van der Waals surface area contributed by atoms with E-state index in [0.717, 1.165) is 18.9 Å². The van der Waals surface area contributed by atoms with Crippen molar-refractivity contribution in [3.05, 3.63) is 29.1 Å². The van der Waals surface area contributed by atoms with E-state index in [1.807, 2.05) is 0 Å². The van der Waals surface area contributed by atoms with Gasteiger partial charge in [0, 0.05) is 0 Å². The highest BCUT2D eigenvalue weighted by atomic mass is 19.4. The van der Waals surface area contributed by atoms with Crippen molar-refractivity contribution in [3.63, 3.8) is 0 Å². The summed E-state index contributed by atoms with van der Waals surface area (Å²) < 4.78 is 37.3.